The standard InChI is InChI=1S/C26H28N2O3/c1-27(2)17-23-12-11-22-15-21(13-14-25(22)26(23)31-3)19-9-7-18(8-10-19)20-5-4-6-24(16-20)28(29)30/h4-10,13-16,23,26H,11-12,17H2,1-3H3. The first-order chi connectivity index (χ1) is 15.0. The van der Waals surface area contributed by atoms with Crippen LogP contribution in [0.25, 0.3) is 22.3 Å². The minimum atomic E-state index is -0.360. The zero-order chi connectivity index (χ0) is 22.0. The average molecular weight is 417 g/mol. The summed E-state index contributed by atoms with van der Waals surface area (Å²) in [7, 11) is 6.04. The van der Waals surface area contributed by atoms with Crippen molar-refractivity contribution in [3.8, 4) is 22.3 Å². The third-order valence-corrected chi connectivity index (χ3v) is 6.12. The summed E-state index contributed by atoms with van der Waals surface area (Å²) < 4.78 is 5.89. The Morgan fingerprint density at radius 2 is 1.61 bits per heavy atom. The van der Waals surface area contributed by atoms with Crippen molar-refractivity contribution in [2.24, 2.45) is 5.92 Å². The number of rotatable bonds is 6. The largest absolute Gasteiger partial charge is 0.376 e. The molecular formula is C26H28N2O3. The summed E-state index contributed by atoms with van der Waals surface area (Å²) in [4.78, 5) is 12.9. The molecule has 0 saturated heterocycles. The third kappa shape index (κ3) is 4.53. The molecule has 160 valence electrons. The Morgan fingerprint density at radius 3 is 2.23 bits per heavy atom. The molecule has 0 amide bonds. The van der Waals surface area contributed by atoms with Gasteiger partial charge in [0.1, 0.15) is 0 Å². The summed E-state index contributed by atoms with van der Waals surface area (Å²) in [5.41, 5.74) is 6.92. The maximum Gasteiger partial charge on any atom is 0.270 e. The van der Waals surface area contributed by atoms with Crippen molar-refractivity contribution >= 4 is 5.69 Å². The van der Waals surface area contributed by atoms with Crippen LogP contribution in [0.3, 0.4) is 0 Å². The summed E-state index contributed by atoms with van der Waals surface area (Å²) in [5.74, 6) is 0.507. The Morgan fingerprint density at radius 1 is 0.968 bits per heavy atom. The van der Waals surface area contributed by atoms with Crippen LogP contribution < -0.4 is 0 Å². The highest BCUT2D eigenvalue weighted by Crippen LogP contribution is 2.39. The molecule has 0 heterocycles. The summed E-state index contributed by atoms with van der Waals surface area (Å²) in [6.45, 7) is 1.03. The van der Waals surface area contributed by atoms with Gasteiger partial charge in [-0.3, -0.25) is 10.1 Å². The molecule has 2 atom stereocenters. The van der Waals surface area contributed by atoms with Crippen molar-refractivity contribution in [2.75, 3.05) is 27.7 Å². The Kier molecular flexibility index (Phi) is 6.16. The maximum atomic E-state index is 11.1. The van der Waals surface area contributed by atoms with E-state index >= 15 is 0 Å². The van der Waals surface area contributed by atoms with Gasteiger partial charge in [-0.05, 0) is 60.3 Å². The summed E-state index contributed by atoms with van der Waals surface area (Å²) in [6.07, 6.45) is 2.32. The predicted octanol–water partition coefficient (Wildman–Crippen LogP) is 5.74. The first kappa shape index (κ1) is 21.2. The van der Waals surface area contributed by atoms with Gasteiger partial charge in [-0.1, -0.05) is 54.6 Å². The van der Waals surface area contributed by atoms with E-state index in [1.807, 2.05) is 25.3 Å². The summed E-state index contributed by atoms with van der Waals surface area (Å²) >= 11 is 0. The average Bonchev–Trinajstić information content (AvgIpc) is 2.78. The van der Waals surface area contributed by atoms with Crippen LogP contribution in [0.5, 0.6) is 0 Å². The number of ether oxygens (including phenoxy) is 1. The SMILES string of the molecule is COC1c2ccc(-c3ccc(-c4cccc([N+](=O)[O-])c4)cc3)cc2CCC1CN(C)C. The molecule has 0 spiro atoms. The normalized spacial score (nSPS) is 18.1. The van der Waals surface area contributed by atoms with Crippen LogP contribution in [0.2, 0.25) is 0 Å². The van der Waals surface area contributed by atoms with Crippen molar-refractivity contribution in [1.29, 1.82) is 0 Å². The molecular weight excluding hydrogens is 388 g/mol. The minimum Gasteiger partial charge on any atom is -0.376 e. The van der Waals surface area contributed by atoms with Gasteiger partial charge in [0.05, 0.1) is 11.0 Å². The van der Waals surface area contributed by atoms with Crippen LogP contribution in [0, 0.1) is 16.0 Å². The molecule has 4 rings (SSSR count). The van der Waals surface area contributed by atoms with Crippen molar-refractivity contribution in [2.45, 2.75) is 18.9 Å². The lowest BCUT2D eigenvalue weighted by Crippen LogP contribution is -2.31. The lowest BCUT2D eigenvalue weighted by Gasteiger charge is -2.34. The number of nitrogens with zero attached hydrogens (tertiary/aromatic N) is 2. The van der Waals surface area contributed by atoms with Crippen molar-refractivity contribution in [3.63, 3.8) is 0 Å². The lowest BCUT2D eigenvalue weighted by atomic mass is 9.80. The molecule has 0 N–H and O–H groups in total. The molecule has 0 radical (unpaired) electrons. The van der Waals surface area contributed by atoms with E-state index in [2.05, 4.69) is 49.3 Å². The number of fused-ring (bicyclic) bond motifs is 1. The Labute approximate surface area is 183 Å². The van der Waals surface area contributed by atoms with Gasteiger partial charge in [-0.2, -0.15) is 0 Å². The first-order valence-corrected chi connectivity index (χ1v) is 10.6. The zero-order valence-electron chi connectivity index (χ0n) is 18.2. The van der Waals surface area contributed by atoms with Crippen LogP contribution in [0.4, 0.5) is 5.69 Å². The van der Waals surface area contributed by atoms with E-state index in [-0.39, 0.29) is 16.7 Å². The van der Waals surface area contributed by atoms with Gasteiger partial charge in [-0.15, -0.1) is 0 Å². The van der Waals surface area contributed by atoms with Gasteiger partial charge < -0.3 is 9.64 Å². The number of hydrogen-bond donors (Lipinski definition) is 0. The number of benzene rings is 3. The second kappa shape index (κ2) is 9.00. The topological polar surface area (TPSA) is 55.6 Å². The van der Waals surface area contributed by atoms with Gasteiger partial charge in [0.25, 0.3) is 5.69 Å². The van der Waals surface area contributed by atoms with E-state index in [1.54, 1.807) is 12.1 Å². The van der Waals surface area contributed by atoms with E-state index in [9.17, 15) is 10.1 Å². The highest BCUT2D eigenvalue weighted by atomic mass is 16.6. The quantitative estimate of drug-likeness (QED) is 0.380. The van der Waals surface area contributed by atoms with Crippen LogP contribution in [-0.4, -0.2) is 37.6 Å². The molecule has 1 aliphatic rings. The predicted molar refractivity (Wildman–Crippen MR) is 124 cm³/mol. The monoisotopic (exact) mass is 416 g/mol. The maximum absolute atomic E-state index is 11.1. The fourth-order valence-corrected chi connectivity index (χ4v) is 4.66. The fourth-order valence-electron chi connectivity index (χ4n) is 4.66. The smallest absolute Gasteiger partial charge is 0.270 e. The Hall–Kier alpha value is -3.02. The highest BCUT2D eigenvalue weighted by Gasteiger charge is 2.30. The minimum absolute atomic E-state index is 0.108. The van der Waals surface area contributed by atoms with Gasteiger partial charge in [-0.25, -0.2) is 0 Å². The first-order valence-electron chi connectivity index (χ1n) is 10.6. The van der Waals surface area contributed by atoms with Crippen LogP contribution in [-0.2, 0) is 11.2 Å². The number of methoxy groups -OCH3 is 1. The second-order valence-corrected chi connectivity index (χ2v) is 8.52. The van der Waals surface area contributed by atoms with Crippen molar-refractivity contribution < 1.29 is 9.66 Å². The highest BCUT2D eigenvalue weighted by molar-refractivity contribution is 5.72. The van der Waals surface area contributed by atoms with Crippen molar-refractivity contribution in [1.82, 2.24) is 4.90 Å². The van der Waals surface area contributed by atoms with Gasteiger partial charge in [0, 0.05) is 31.7 Å². The summed E-state index contributed by atoms with van der Waals surface area (Å²) in [6, 6.07) is 21.7. The van der Waals surface area contributed by atoms with Gasteiger partial charge in [0.15, 0.2) is 0 Å². The summed E-state index contributed by atoms with van der Waals surface area (Å²) in [5, 5.41) is 11.1. The molecule has 0 fully saturated rings. The van der Waals surface area contributed by atoms with E-state index < -0.39 is 0 Å². The number of nitro groups is 1. The van der Waals surface area contributed by atoms with E-state index in [0.717, 1.165) is 36.1 Å². The van der Waals surface area contributed by atoms with Crippen molar-refractivity contribution in [3.05, 3.63) is 88.0 Å². The molecule has 5 heteroatoms. The molecule has 3 aromatic rings. The second-order valence-electron chi connectivity index (χ2n) is 8.52. The molecule has 3 aromatic carbocycles. The fraction of sp³-hybridized carbons (Fsp3) is 0.308. The molecule has 0 bridgehead atoms. The number of non-ortho nitro benzene ring substituents is 1. The van der Waals surface area contributed by atoms with Crippen LogP contribution in [0.1, 0.15) is 23.7 Å². The molecule has 31 heavy (non-hydrogen) atoms. The third-order valence-electron chi connectivity index (χ3n) is 6.12. The number of nitro benzene ring substituents is 1. The van der Waals surface area contributed by atoms with Gasteiger partial charge in [0.2, 0.25) is 0 Å². The Balaban J connectivity index is 1.59. The molecule has 0 saturated carbocycles. The molecule has 2 unspecified atom stereocenters. The number of aryl methyl sites for hydroxylation is 1. The van der Waals surface area contributed by atoms with Crippen LogP contribution in [0.15, 0.2) is 66.7 Å². The van der Waals surface area contributed by atoms with E-state index in [0.29, 0.717) is 5.92 Å². The molecule has 0 aliphatic heterocycles. The lowest BCUT2D eigenvalue weighted by molar-refractivity contribution is -0.384. The molecule has 1 aliphatic carbocycles. The number of hydrogen-bond acceptors (Lipinski definition) is 4. The van der Waals surface area contributed by atoms with E-state index in [1.165, 1.54) is 22.8 Å². The molecule has 5 nitrogen and oxygen atoms in total. The molecule has 0 aromatic heterocycles. The Bertz CT molecular complexity index is 1080. The van der Waals surface area contributed by atoms with Crippen LogP contribution >= 0.6 is 0 Å². The van der Waals surface area contributed by atoms with E-state index in [4.69, 9.17) is 4.74 Å². The van der Waals surface area contributed by atoms with Gasteiger partial charge >= 0.3 is 0 Å². The zero-order valence-corrected chi connectivity index (χ0v) is 18.2.